The van der Waals surface area contributed by atoms with Crippen molar-refractivity contribution < 1.29 is 31.9 Å². The molecule has 0 aromatic heterocycles. The number of anilines is 1. The van der Waals surface area contributed by atoms with E-state index in [1.165, 1.54) is 12.1 Å². The van der Waals surface area contributed by atoms with Crippen molar-refractivity contribution in [3.05, 3.63) is 29.8 Å². The third-order valence-electron chi connectivity index (χ3n) is 2.23. The second-order valence-electron chi connectivity index (χ2n) is 3.68. The van der Waals surface area contributed by atoms with Crippen LogP contribution in [0, 0.1) is 0 Å². The summed E-state index contributed by atoms with van der Waals surface area (Å²) >= 11 is 0. The highest BCUT2D eigenvalue weighted by atomic mass is 19.3. The van der Waals surface area contributed by atoms with Crippen LogP contribution in [0.1, 0.15) is 17.3 Å². The summed E-state index contributed by atoms with van der Waals surface area (Å²) in [5.74, 6) is -7.51. The summed E-state index contributed by atoms with van der Waals surface area (Å²) in [5, 5.41) is 1.64. The van der Waals surface area contributed by atoms with E-state index in [1.807, 2.05) is 0 Å². The van der Waals surface area contributed by atoms with Gasteiger partial charge in [-0.1, -0.05) is 0 Å². The minimum atomic E-state index is -4.78. The second-order valence-corrected chi connectivity index (χ2v) is 3.68. The zero-order valence-corrected chi connectivity index (χ0v) is 10.3. The summed E-state index contributed by atoms with van der Waals surface area (Å²) in [6.45, 7) is 1.77. The van der Waals surface area contributed by atoms with Crippen LogP contribution in [0.25, 0.3) is 0 Å². The second kappa shape index (κ2) is 6.36. The first-order valence-electron chi connectivity index (χ1n) is 5.53. The normalized spacial score (nSPS) is 11.3. The third kappa shape index (κ3) is 3.69. The van der Waals surface area contributed by atoms with Crippen LogP contribution in [0.5, 0.6) is 0 Å². The third-order valence-corrected chi connectivity index (χ3v) is 2.23. The Kier molecular flexibility index (Phi) is 5.06. The maximum atomic E-state index is 12.7. The van der Waals surface area contributed by atoms with Crippen LogP contribution >= 0.6 is 0 Å². The SMILES string of the molecule is CCOC(=O)c1ccc(NC(=O)C(F)(F)C(F)F)cc1. The van der Waals surface area contributed by atoms with E-state index in [-0.39, 0.29) is 17.9 Å². The van der Waals surface area contributed by atoms with E-state index < -0.39 is 24.2 Å². The van der Waals surface area contributed by atoms with Crippen LogP contribution < -0.4 is 5.32 Å². The molecule has 20 heavy (non-hydrogen) atoms. The summed E-state index contributed by atoms with van der Waals surface area (Å²) in [7, 11) is 0. The number of nitrogens with one attached hydrogen (secondary N) is 1. The minimum absolute atomic E-state index is 0.136. The summed E-state index contributed by atoms with van der Waals surface area (Å²) in [6.07, 6.45) is -4.10. The van der Waals surface area contributed by atoms with Gasteiger partial charge in [-0.25, -0.2) is 13.6 Å². The zero-order valence-electron chi connectivity index (χ0n) is 10.3. The highest BCUT2D eigenvalue weighted by Gasteiger charge is 2.48. The average molecular weight is 293 g/mol. The lowest BCUT2D eigenvalue weighted by molar-refractivity contribution is -0.163. The molecule has 0 saturated carbocycles. The Morgan fingerprint density at radius 1 is 1.25 bits per heavy atom. The Morgan fingerprint density at radius 3 is 2.25 bits per heavy atom. The summed E-state index contributed by atoms with van der Waals surface area (Å²) in [4.78, 5) is 22.3. The van der Waals surface area contributed by atoms with Gasteiger partial charge < -0.3 is 10.1 Å². The van der Waals surface area contributed by atoms with Gasteiger partial charge in [0.25, 0.3) is 0 Å². The van der Waals surface area contributed by atoms with Crippen molar-refractivity contribution in [3.8, 4) is 0 Å². The zero-order chi connectivity index (χ0) is 15.3. The monoisotopic (exact) mass is 293 g/mol. The van der Waals surface area contributed by atoms with Crippen LogP contribution in [0.15, 0.2) is 24.3 Å². The molecular formula is C12H11F4NO3. The van der Waals surface area contributed by atoms with E-state index in [4.69, 9.17) is 0 Å². The topological polar surface area (TPSA) is 55.4 Å². The Balaban J connectivity index is 2.76. The van der Waals surface area contributed by atoms with Crippen LogP contribution in [-0.2, 0) is 9.53 Å². The molecule has 0 aliphatic carbocycles. The molecular weight excluding hydrogens is 282 g/mol. The van der Waals surface area contributed by atoms with Crippen molar-refractivity contribution in [1.29, 1.82) is 0 Å². The first-order valence-corrected chi connectivity index (χ1v) is 5.53. The Labute approximate surface area is 111 Å². The fourth-order valence-corrected chi connectivity index (χ4v) is 1.22. The molecule has 0 aliphatic rings. The van der Waals surface area contributed by atoms with Gasteiger partial charge in [-0.2, -0.15) is 8.78 Å². The van der Waals surface area contributed by atoms with Crippen molar-refractivity contribution in [1.82, 2.24) is 0 Å². The van der Waals surface area contributed by atoms with E-state index in [0.717, 1.165) is 12.1 Å². The Morgan fingerprint density at radius 2 is 1.80 bits per heavy atom. The molecule has 0 fully saturated rings. The standard InChI is InChI=1S/C12H11F4NO3/c1-2-20-9(18)7-3-5-8(6-4-7)17-11(19)12(15,16)10(13)14/h3-6,10H,2H2,1H3,(H,17,19). The molecule has 1 rings (SSSR count). The van der Waals surface area contributed by atoms with Crippen LogP contribution in [0.3, 0.4) is 0 Å². The summed E-state index contributed by atoms with van der Waals surface area (Å²) < 4.78 is 54.0. The lowest BCUT2D eigenvalue weighted by Gasteiger charge is -2.14. The number of rotatable bonds is 5. The van der Waals surface area contributed by atoms with Crippen LogP contribution in [0.4, 0.5) is 23.2 Å². The molecule has 1 amide bonds. The average Bonchev–Trinajstić information content (AvgIpc) is 2.39. The van der Waals surface area contributed by atoms with E-state index in [2.05, 4.69) is 4.74 Å². The minimum Gasteiger partial charge on any atom is -0.462 e. The molecule has 0 atom stereocenters. The van der Waals surface area contributed by atoms with Gasteiger partial charge in [0.05, 0.1) is 12.2 Å². The van der Waals surface area contributed by atoms with Crippen LogP contribution in [-0.4, -0.2) is 30.8 Å². The molecule has 0 unspecified atom stereocenters. The first kappa shape index (κ1) is 15.9. The van der Waals surface area contributed by atoms with Gasteiger partial charge in [-0.05, 0) is 31.2 Å². The molecule has 1 N–H and O–H groups in total. The van der Waals surface area contributed by atoms with Gasteiger partial charge in [-0.3, -0.25) is 4.79 Å². The maximum absolute atomic E-state index is 12.7. The fraction of sp³-hybridized carbons (Fsp3) is 0.333. The van der Waals surface area contributed by atoms with Gasteiger partial charge in [-0.15, -0.1) is 0 Å². The number of esters is 1. The first-order chi connectivity index (χ1) is 9.28. The molecule has 110 valence electrons. The molecule has 8 heteroatoms. The molecule has 0 bridgehead atoms. The van der Waals surface area contributed by atoms with Gasteiger partial charge in [0.1, 0.15) is 0 Å². The number of amides is 1. The number of hydrogen-bond donors (Lipinski definition) is 1. The molecule has 0 aliphatic heterocycles. The number of carbonyl (C=O) groups is 2. The number of carbonyl (C=O) groups excluding carboxylic acids is 2. The lowest BCUT2D eigenvalue weighted by Crippen LogP contribution is -2.40. The summed E-state index contributed by atoms with van der Waals surface area (Å²) in [6, 6.07) is 4.69. The van der Waals surface area contributed by atoms with E-state index in [0.29, 0.717) is 0 Å². The van der Waals surface area contributed by atoms with Gasteiger partial charge in [0.15, 0.2) is 0 Å². The van der Waals surface area contributed by atoms with Crippen molar-refractivity contribution in [3.63, 3.8) is 0 Å². The van der Waals surface area contributed by atoms with E-state index in [1.54, 1.807) is 12.2 Å². The van der Waals surface area contributed by atoms with Crippen molar-refractivity contribution in [2.75, 3.05) is 11.9 Å². The summed E-state index contributed by atoms with van der Waals surface area (Å²) in [5.41, 5.74) is 0.00819. The fourth-order valence-electron chi connectivity index (χ4n) is 1.22. The quantitative estimate of drug-likeness (QED) is 0.671. The van der Waals surface area contributed by atoms with Crippen molar-refractivity contribution in [2.24, 2.45) is 0 Å². The molecule has 0 radical (unpaired) electrons. The van der Waals surface area contributed by atoms with Gasteiger partial charge in [0.2, 0.25) is 0 Å². The predicted molar refractivity (Wildman–Crippen MR) is 62.0 cm³/mol. The van der Waals surface area contributed by atoms with E-state index in [9.17, 15) is 27.2 Å². The van der Waals surface area contributed by atoms with E-state index >= 15 is 0 Å². The van der Waals surface area contributed by atoms with Crippen molar-refractivity contribution in [2.45, 2.75) is 19.3 Å². The number of ether oxygens (including phenoxy) is 1. The molecule has 0 heterocycles. The molecule has 1 aromatic carbocycles. The largest absolute Gasteiger partial charge is 0.462 e. The Bertz CT molecular complexity index is 488. The number of hydrogen-bond acceptors (Lipinski definition) is 3. The highest BCUT2D eigenvalue weighted by Crippen LogP contribution is 2.24. The molecule has 0 saturated heterocycles. The lowest BCUT2D eigenvalue weighted by atomic mass is 10.2. The maximum Gasteiger partial charge on any atom is 0.383 e. The molecule has 0 spiro atoms. The smallest absolute Gasteiger partial charge is 0.383 e. The Hall–Kier alpha value is -2.12. The predicted octanol–water partition coefficient (Wildman–Crippen LogP) is 2.70. The number of benzene rings is 1. The van der Waals surface area contributed by atoms with Crippen molar-refractivity contribution >= 4 is 17.6 Å². The van der Waals surface area contributed by atoms with Crippen LogP contribution in [0.2, 0.25) is 0 Å². The molecule has 4 nitrogen and oxygen atoms in total. The van der Waals surface area contributed by atoms with Gasteiger partial charge in [0, 0.05) is 5.69 Å². The highest BCUT2D eigenvalue weighted by molar-refractivity contribution is 5.97. The molecule has 1 aromatic rings. The van der Waals surface area contributed by atoms with Gasteiger partial charge >= 0.3 is 24.2 Å². The number of alkyl halides is 4. The number of halogens is 4.